The molecule has 0 spiro atoms. The minimum atomic E-state index is -0.928. The normalized spacial score (nSPS) is 12.2. The minimum absolute atomic E-state index is 0.0892. The van der Waals surface area contributed by atoms with Crippen molar-refractivity contribution in [2.45, 2.75) is 63.7 Å². The summed E-state index contributed by atoms with van der Waals surface area (Å²) in [7, 11) is 1.58. The van der Waals surface area contributed by atoms with E-state index in [1.165, 1.54) is 38.1 Å². The topological polar surface area (TPSA) is 301 Å². The number of carbonyl (C=O) groups excluding carboxylic acids is 6. The van der Waals surface area contributed by atoms with Crippen molar-refractivity contribution in [3.63, 3.8) is 0 Å². The van der Waals surface area contributed by atoms with Crippen molar-refractivity contribution in [1.29, 1.82) is 0 Å². The smallest absolute Gasteiger partial charge is 0.243 e. The van der Waals surface area contributed by atoms with Crippen LogP contribution in [0.4, 0.5) is 0 Å². The van der Waals surface area contributed by atoms with Crippen LogP contribution in [-0.2, 0) is 73.4 Å². The second-order valence-corrected chi connectivity index (χ2v) is 16.1. The molecule has 0 unspecified atom stereocenters. The number of amides is 6. The summed E-state index contributed by atoms with van der Waals surface area (Å²) in [6.45, 7) is 5.72. The molecule has 0 aliphatic carbocycles. The van der Waals surface area contributed by atoms with E-state index < -0.39 is 41.9 Å². The fourth-order valence-electron chi connectivity index (χ4n) is 6.76. The van der Waals surface area contributed by atoms with Gasteiger partial charge in [0.15, 0.2) is 0 Å². The number of phenolic OH excluding ortho intramolecular Hbond substituents is 2. The van der Waals surface area contributed by atoms with Crippen LogP contribution in [0.1, 0.15) is 36.1 Å². The number of aromatic hydroxyl groups is 2. The lowest BCUT2D eigenvalue weighted by atomic mass is 10.0. The second kappa shape index (κ2) is 34.7. The van der Waals surface area contributed by atoms with Gasteiger partial charge in [-0.2, -0.15) is 0 Å². The molecule has 0 saturated carbocycles. The molecule has 0 aliphatic heterocycles. The number of hydrogen-bond acceptors (Lipinski definition) is 13. The summed E-state index contributed by atoms with van der Waals surface area (Å²) >= 11 is 0. The Balaban J connectivity index is 0.000000383. The predicted octanol–water partition coefficient (Wildman–Crippen LogP) is 2.57. The molecule has 4 rings (SSSR count). The van der Waals surface area contributed by atoms with E-state index in [1.807, 2.05) is 60.7 Å². The van der Waals surface area contributed by atoms with E-state index in [4.69, 9.17) is 24.5 Å². The summed E-state index contributed by atoms with van der Waals surface area (Å²) in [4.78, 5) is 78.3. The van der Waals surface area contributed by atoms with Crippen LogP contribution in [0.2, 0.25) is 0 Å². The minimum Gasteiger partial charge on any atom is -0.508 e. The van der Waals surface area contributed by atoms with Crippen molar-refractivity contribution in [3.8, 4) is 11.5 Å². The van der Waals surface area contributed by atoms with Gasteiger partial charge < -0.3 is 61.1 Å². The first-order valence-electron chi connectivity index (χ1n) is 23.3. The SMILES string of the molecule is CC(=O)N[C@H](Cc1ccccc1)C(=O)N[C@@H](Cc1ccc(O)cc1)C(=O)NCCOCCOCCN=[N+]=[N-].COCCOCCNC(=O)[C@H](Cc1ccc(O)cc1)NC(=O)[C@@H](Cc1ccccc1)NC(C)=O. The fourth-order valence-corrected chi connectivity index (χ4v) is 6.76. The van der Waals surface area contributed by atoms with Gasteiger partial charge in [0.25, 0.3) is 0 Å². The maximum atomic E-state index is 13.2. The van der Waals surface area contributed by atoms with Gasteiger partial charge in [-0.3, -0.25) is 28.8 Å². The monoisotopic (exact) mass is 997 g/mol. The number of phenols is 2. The highest BCUT2D eigenvalue weighted by Crippen LogP contribution is 2.14. The summed E-state index contributed by atoms with van der Waals surface area (Å²) < 4.78 is 20.9. The summed E-state index contributed by atoms with van der Waals surface area (Å²) in [5.74, 6) is -2.25. The average molecular weight is 998 g/mol. The number of nitrogens with zero attached hydrogens (tertiary/aromatic N) is 3. The van der Waals surface area contributed by atoms with Crippen LogP contribution >= 0.6 is 0 Å². The van der Waals surface area contributed by atoms with E-state index in [0.29, 0.717) is 39.6 Å². The molecule has 0 aromatic heterocycles. The van der Waals surface area contributed by atoms with Gasteiger partial charge in [0, 0.05) is 71.2 Å². The molecule has 72 heavy (non-hydrogen) atoms. The number of methoxy groups -OCH3 is 1. The van der Waals surface area contributed by atoms with Gasteiger partial charge in [-0.15, -0.1) is 0 Å². The molecule has 0 aliphatic rings. The van der Waals surface area contributed by atoms with Crippen molar-refractivity contribution in [2.24, 2.45) is 5.11 Å². The van der Waals surface area contributed by atoms with Crippen LogP contribution in [-0.4, -0.2) is 143 Å². The number of azide groups is 1. The Kier molecular flexibility index (Phi) is 28.3. The largest absolute Gasteiger partial charge is 0.508 e. The standard InChI is InChI=1S/C26H34N6O6.C25H33N3O6/c1-19(33)30-24(17-20-5-3-2-4-6-20)26(36)31-23(18-21-7-9-22(34)10-8-21)25(35)28-11-13-37-15-16-38-14-12-29-32-27;1-18(29)27-23(16-19-6-4-3-5-7-19)25(32)28-22(17-20-8-10-21(30)11-9-20)24(31)26-12-13-34-15-14-33-2/h2-10,23-24,34H,11-18H2,1H3,(H,28,35)(H,30,33)(H,31,36);3-11,22-23,30H,12-17H2,1-2H3,(H,26,31)(H,27,29)(H,28,32)/t23-,24+;22-,23+/m00/s1. The maximum Gasteiger partial charge on any atom is 0.243 e. The van der Waals surface area contributed by atoms with Gasteiger partial charge in [0.2, 0.25) is 35.4 Å². The maximum absolute atomic E-state index is 13.2. The van der Waals surface area contributed by atoms with E-state index in [1.54, 1.807) is 31.4 Å². The van der Waals surface area contributed by atoms with Crippen LogP contribution < -0.4 is 31.9 Å². The highest BCUT2D eigenvalue weighted by molar-refractivity contribution is 5.93. The lowest BCUT2D eigenvalue weighted by Crippen LogP contribution is -2.55. The number of carbonyl (C=O) groups is 6. The first-order valence-corrected chi connectivity index (χ1v) is 23.3. The third kappa shape index (κ3) is 25.3. The van der Waals surface area contributed by atoms with Crippen molar-refractivity contribution >= 4 is 35.4 Å². The first-order chi connectivity index (χ1) is 34.8. The molecule has 0 saturated heterocycles. The zero-order chi connectivity index (χ0) is 52.4. The van der Waals surface area contributed by atoms with Crippen LogP contribution in [0.3, 0.4) is 0 Å². The molecule has 4 atom stereocenters. The van der Waals surface area contributed by atoms with Crippen LogP contribution in [0.5, 0.6) is 11.5 Å². The van der Waals surface area contributed by atoms with E-state index in [2.05, 4.69) is 41.9 Å². The van der Waals surface area contributed by atoms with Crippen LogP contribution in [0, 0.1) is 0 Å². The number of nitrogens with one attached hydrogen (secondary N) is 6. The van der Waals surface area contributed by atoms with Crippen molar-refractivity contribution < 1.29 is 57.9 Å². The Hall–Kier alpha value is -7.55. The molecule has 6 amide bonds. The quantitative estimate of drug-likeness (QED) is 0.0156. The molecule has 0 radical (unpaired) electrons. The van der Waals surface area contributed by atoms with Gasteiger partial charge in [0.05, 0.1) is 46.2 Å². The molecule has 0 heterocycles. The summed E-state index contributed by atoms with van der Waals surface area (Å²) in [5, 5.41) is 38.9. The molecule has 8 N–H and O–H groups in total. The molecule has 4 aromatic rings. The fraction of sp³-hybridized carbons (Fsp3) is 0.412. The highest BCUT2D eigenvalue weighted by Gasteiger charge is 2.28. The van der Waals surface area contributed by atoms with Gasteiger partial charge in [0.1, 0.15) is 35.7 Å². The Labute approximate surface area is 419 Å². The number of rotatable bonds is 31. The summed E-state index contributed by atoms with van der Waals surface area (Å²) in [6, 6.07) is 27.8. The van der Waals surface area contributed by atoms with Crippen LogP contribution in [0.25, 0.3) is 10.4 Å². The molecule has 21 heteroatoms. The average Bonchev–Trinajstić information content (AvgIpc) is 3.36. The van der Waals surface area contributed by atoms with Gasteiger partial charge in [-0.05, 0) is 52.1 Å². The summed E-state index contributed by atoms with van der Waals surface area (Å²) in [5.41, 5.74) is 11.4. The molecular formula is C51H67N9O12. The van der Waals surface area contributed by atoms with Crippen molar-refractivity contribution in [1.82, 2.24) is 31.9 Å². The Morgan fingerprint density at radius 2 is 0.833 bits per heavy atom. The van der Waals surface area contributed by atoms with E-state index in [0.717, 1.165) is 22.3 Å². The molecule has 4 aromatic carbocycles. The Bertz CT molecular complexity index is 2290. The lowest BCUT2D eigenvalue weighted by Gasteiger charge is -2.23. The summed E-state index contributed by atoms with van der Waals surface area (Å²) in [6.07, 6.45) is 0.933. The van der Waals surface area contributed by atoms with E-state index >= 15 is 0 Å². The second-order valence-electron chi connectivity index (χ2n) is 16.1. The highest BCUT2D eigenvalue weighted by atomic mass is 16.5. The zero-order valence-corrected chi connectivity index (χ0v) is 40.9. The first kappa shape index (κ1) is 58.8. The predicted molar refractivity (Wildman–Crippen MR) is 267 cm³/mol. The lowest BCUT2D eigenvalue weighted by molar-refractivity contribution is -0.131. The number of hydrogen-bond donors (Lipinski definition) is 8. The third-order valence-corrected chi connectivity index (χ3v) is 10.3. The molecular weight excluding hydrogens is 931 g/mol. The van der Waals surface area contributed by atoms with Crippen LogP contribution in [0.15, 0.2) is 114 Å². The van der Waals surface area contributed by atoms with E-state index in [-0.39, 0.29) is 81.1 Å². The third-order valence-electron chi connectivity index (χ3n) is 10.3. The molecule has 388 valence electrons. The number of ether oxygens (including phenoxy) is 4. The Morgan fingerprint density at radius 3 is 1.19 bits per heavy atom. The molecule has 0 fully saturated rings. The van der Waals surface area contributed by atoms with Gasteiger partial charge in [-0.1, -0.05) is 90.0 Å². The van der Waals surface area contributed by atoms with Crippen molar-refractivity contribution in [3.05, 3.63) is 142 Å². The van der Waals surface area contributed by atoms with Gasteiger partial charge >= 0.3 is 0 Å². The zero-order valence-electron chi connectivity index (χ0n) is 40.9. The van der Waals surface area contributed by atoms with E-state index in [9.17, 15) is 39.0 Å². The Morgan fingerprint density at radius 1 is 0.486 bits per heavy atom. The molecule has 21 nitrogen and oxygen atoms in total. The molecule has 0 bridgehead atoms. The number of benzene rings is 4. The van der Waals surface area contributed by atoms with Gasteiger partial charge in [-0.25, -0.2) is 0 Å². The van der Waals surface area contributed by atoms with Crippen molar-refractivity contribution in [2.75, 3.05) is 73.0 Å².